The topological polar surface area (TPSA) is 18.0 Å². The third-order valence-electron chi connectivity index (χ3n) is 17.0. The van der Waals surface area contributed by atoms with Crippen molar-refractivity contribution >= 4 is 82.5 Å². The fraction of sp³-hybridized carbons (Fsp3) is 0.0400. The second-order valence-electron chi connectivity index (χ2n) is 21.7. The summed E-state index contributed by atoms with van der Waals surface area (Å²) in [6.45, 7) is 4.79. The van der Waals surface area contributed by atoms with Crippen LogP contribution in [0.4, 0.5) is 17.1 Å². The van der Waals surface area contributed by atoms with E-state index in [1.807, 2.05) is 0 Å². The van der Waals surface area contributed by atoms with Crippen LogP contribution in [0, 0.1) is 0 Å². The van der Waals surface area contributed by atoms with Crippen LogP contribution in [0.5, 0.6) is 0 Å². The summed E-state index contributed by atoms with van der Waals surface area (Å²) < 4.78 is 7.18. The fourth-order valence-corrected chi connectivity index (χ4v) is 13.3. The van der Waals surface area contributed by atoms with E-state index in [-0.39, 0.29) is 5.41 Å². The molecule has 0 N–H and O–H groups in total. The van der Waals surface area contributed by atoms with E-state index in [0.29, 0.717) is 0 Å². The Bertz CT molecular complexity index is 4790. The van der Waals surface area contributed by atoms with E-state index in [1.165, 1.54) is 110 Å². The monoisotopic (exact) mass is 1010 g/mol. The smallest absolute Gasteiger partial charge is 0.0547 e. The predicted molar refractivity (Wildman–Crippen MR) is 333 cm³/mol. The molecule has 1 aliphatic rings. The maximum Gasteiger partial charge on any atom is 0.0547 e. The molecule has 3 heterocycles. The minimum Gasteiger partial charge on any atom is -0.310 e. The normalized spacial score (nSPS) is 12.8. The number of hydrogen-bond donors (Lipinski definition) is 0. The molecular weight excluding hydrogens is 957 g/mol. The highest BCUT2D eigenvalue weighted by Crippen LogP contribution is 2.52. The Balaban J connectivity index is 0.779. The number of fused-ring (bicyclic) bond motifs is 12. The van der Waals surface area contributed by atoms with Crippen molar-refractivity contribution in [1.82, 2.24) is 13.7 Å². The summed E-state index contributed by atoms with van der Waals surface area (Å²) in [5.74, 6) is 0. The lowest BCUT2D eigenvalue weighted by Gasteiger charge is -2.28. The second kappa shape index (κ2) is 17.4. The molecule has 4 heteroatoms. The van der Waals surface area contributed by atoms with E-state index in [2.05, 4.69) is 312 Å². The van der Waals surface area contributed by atoms with E-state index in [9.17, 15) is 0 Å². The van der Waals surface area contributed by atoms with Crippen LogP contribution in [0.1, 0.15) is 25.0 Å². The molecule has 79 heavy (non-hydrogen) atoms. The van der Waals surface area contributed by atoms with Crippen molar-refractivity contribution in [2.75, 3.05) is 4.90 Å². The Morgan fingerprint density at radius 2 is 0.582 bits per heavy atom. The van der Waals surface area contributed by atoms with Crippen molar-refractivity contribution in [2.24, 2.45) is 0 Å². The fourth-order valence-electron chi connectivity index (χ4n) is 13.3. The van der Waals surface area contributed by atoms with Gasteiger partial charge in [-0.1, -0.05) is 178 Å². The van der Waals surface area contributed by atoms with E-state index >= 15 is 0 Å². The van der Waals surface area contributed by atoms with Crippen molar-refractivity contribution in [2.45, 2.75) is 19.3 Å². The number of anilines is 3. The molecule has 0 saturated carbocycles. The number of benzene rings is 12. The zero-order valence-electron chi connectivity index (χ0n) is 43.8. The van der Waals surface area contributed by atoms with E-state index in [4.69, 9.17) is 0 Å². The summed E-state index contributed by atoms with van der Waals surface area (Å²) in [4.78, 5) is 2.43. The largest absolute Gasteiger partial charge is 0.310 e. The number of hydrogen-bond acceptors (Lipinski definition) is 1. The zero-order chi connectivity index (χ0) is 52.3. The van der Waals surface area contributed by atoms with Gasteiger partial charge in [0.15, 0.2) is 0 Å². The van der Waals surface area contributed by atoms with Gasteiger partial charge in [-0.25, -0.2) is 0 Å². The summed E-state index contributed by atoms with van der Waals surface area (Å²) >= 11 is 0. The molecule has 0 atom stereocenters. The van der Waals surface area contributed by atoms with Crippen LogP contribution >= 0.6 is 0 Å². The average molecular weight is 1010 g/mol. The Hall–Kier alpha value is -10.2. The number of aromatic nitrogens is 3. The average Bonchev–Trinajstić information content (AvgIpc) is 4.41. The number of nitrogens with zero attached hydrogens (tertiary/aromatic N) is 4. The van der Waals surface area contributed by atoms with Gasteiger partial charge in [-0.3, -0.25) is 0 Å². The molecule has 3 aromatic heterocycles. The molecule has 12 aromatic carbocycles. The van der Waals surface area contributed by atoms with Gasteiger partial charge in [-0.2, -0.15) is 0 Å². The molecule has 0 fully saturated rings. The van der Waals surface area contributed by atoms with Gasteiger partial charge < -0.3 is 18.6 Å². The zero-order valence-corrected chi connectivity index (χ0v) is 43.8. The van der Waals surface area contributed by atoms with Gasteiger partial charge in [0.05, 0.1) is 33.1 Å². The highest BCUT2D eigenvalue weighted by atomic mass is 15.1. The molecule has 15 aromatic rings. The SMILES string of the molecule is CC1(C)c2cc(-c3ccc4c5ccccc5n(-c5ccccc5)c4c3)ccc2-c2ccc(N(c3ccc(-c4ccc(-n5c6ccccc6c6ccccc65)cc4)cc3)c3ccc(-n4c5ccccc5c5ccccc54)cc3)cc21. The third-order valence-corrected chi connectivity index (χ3v) is 17.0. The summed E-state index contributed by atoms with van der Waals surface area (Å²) in [5.41, 5.74) is 23.8. The predicted octanol–water partition coefficient (Wildman–Crippen LogP) is 20.1. The van der Waals surface area contributed by atoms with Crippen molar-refractivity contribution in [3.8, 4) is 50.4 Å². The Morgan fingerprint density at radius 1 is 0.253 bits per heavy atom. The molecule has 0 spiro atoms. The lowest BCUT2D eigenvalue weighted by Crippen LogP contribution is -2.16. The van der Waals surface area contributed by atoms with E-state index in [0.717, 1.165) is 34.1 Å². The van der Waals surface area contributed by atoms with Crippen LogP contribution < -0.4 is 4.90 Å². The molecule has 372 valence electrons. The lowest BCUT2D eigenvalue weighted by molar-refractivity contribution is 0.660. The molecule has 0 saturated heterocycles. The van der Waals surface area contributed by atoms with Crippen LogP contribution in [-0.4, -0.2) is 13.7 Å². The van der Waals surface area contributed by atoms with Gasteiger partial charge in [0.25, 0.3) is 0 Å². The van der Waals surface area contributed by atoms with Gasteiger partial charge in [-0.05, 0) is 160 Å². The molecule has 0 unspecified atom stereocenters. The van der Waals surface area contributed by atoms with Gasteiger partial charge in [-0.15, -0.1) is 0 Å². The minimum atomic E-state index is -0.263. The van der Waals surface area contributed by atoms with Crippen molar-refractivity contribution < 1.29 is 0 Å². The van der Waals surface area contributed by atoms with Crippen molar-refractivity contribution in [3.05, 3.63) is 290 Å². The van der Waals surface area contributed by atoms with Crippen LogP contribution in [0.25, 0.3) is 116 Å². The maximum absolute atomic E-state index is 2.45. The lowest BCUT2D eigenvalue weighted by atomic mass is 9.81. The molecule has 0 amide bonds. The van der Waals surface area contributed by atoms with Gasteiger partial charge in [0.2, 0.25) is 0 Å². The molecule has 0 radical (unpaired) electrons. The van der Waals surface area contributed by atoms with Crippen LogP contribution in [0.15, 0.2) is 279 Å². The Labute approximate surface area is 458 Å². The Morgan fingerprint density at radius 3 is 1.09 bits per heavy atom. The number of para-hydroxylation sites is 6. The summed E-state index contributed by atoms with van der Waals surface area (Å²) in [6, 6.07) is 103. The molecule has 0 bridgehead atoms. The molecule has 0 aliphatic heterocycles. The first-order valence-electron chi connectivity index (χ1n) is 27.4. The molecular formula is C75H52N4. The first kappa shape index (κ1) is 45.1. The second-order valence-corrected chi connectivity index (χ2v) is 21.7. The van der Waals surface area contributed by atoms with Crippen LogP contribution in [0.2, 0.25) is 0 Å². The molecule has 1 aliphatic carbocycles. The quantitative estimate of drug-likeness (QED) is 0.148. The van der Waals surface area contributed by atoms with Crippen LogP contribution in [-0.2, 0) is 5.41 Å². The number of rotatable bonds is 8. The van der Waals surface area contributed by atoms with Crippen LogP contribution in [0.3, 0.4) is 0 Å². The first-order chi connectivity index (χ1) is 38.9. The maximum atomic E-state index is 2.45. The Kier molecular flexibility index (Phi) is 9.95. The van der Waals surface area contributed by atoms with Gasteiger partial charge in [0, 0.05) is 71.9 Å². The van der Waals surface area contributed by atoms with E-state index < -0.39 is 0 Å². The highest BCUT2D eigenvalue weighted by Gasteiger charge is 2.36. The molecule has 16 rings (SSSR count). The highest BCUT2D eigenvalue weighted by molar-refractivity contribution is 6.12. The molecule has 4 nitrogen and oxygen atoms in total. The minimum absolute atomic E-state index is 0.263. The first-order valence-corrected chi connectivity index (χ1v) is 27.4. The van der Waals surface area contributed by atoms with Gasteiger partial charge in [0.1, 0.15) is 0 Å². The van der Waals surface area contributed by atoms with Crippen molar-refractivity contribution in [1.29, 1.82) is 0 Å². The summed E-state index contributed by atoms with van der Waals surface area (Å²) in [5, 5.41) is 7.57. The van der Waals surface area contributed by atoms with Crippen molar-refractivity contribution in [3.63, 3.8) is 0 Å². The third kappa shape index (κ3) is 6.94. The standard InChI is InChI=1S/C75H52N4/c1-75(2)67-46-51(52-33-44-66-65-22-10-15-27-73(65)79(74(66)47-52)53-16-4-3-5-17-53)32-43-59(67)60-45-42-58(48-68(60)75)76(55-38-40-57(41-39-55)78-71-25-13-8-20-63(71)64-21-9-14-26-72(64)78)54-34-28-49(29-35-54)50-30-36-56(37-31-50)77-69-23-11-6-18-61(69)62-19-7-12-24-70(62)77/h3-48H,1-2H3. The van der Waals surface area contributed by atoms with Gasteiger partial charge >= 0.3 is 0 Å². The summed E-state index contributed by atoms with van der Waals surface area (Å²) in [7, 11) is 0. The van der Waals surface area contributed by atoms with E-state index in [1.54, 1.807) is 0 Å². The summed E-state index contributed by atoms with van der Waals surface area (Å²) in [6.07, 6.45) is 0.